The van der Waals surface area contributed by atoms with Gasteiger partial charge in [-0.3, -0.25) is 9.89 Å². The summed E-state index contributed by atoms with van der Waals surface area (Å²) < 4.78 is 0. The molecule has 0 atom stereocenters. The first kappa shape index (κ1) is 21.4. The molecule has 2 rings (SSSR count). The molecule has 0 fully saturated rings. The van der Waals surface area contributed by atoms with Crippen LogP contribution < -0.4 is 10.6 Å². The zero-order valence-corrected chi connectivity index (χ0v) is 18.0. The van der Waals surface area contributed by atoms with Crippen LogP contribution in [0.25, 0.3) is 10.6 Å². The predicted octanol–water partition coefficient (Wildman–Crippen LogP) is 3.98. The van der Waals surface area contributed by atoms with Gasteiger partial charge in [0.25, 0.3) is 0 Å². The summed E-state index contributed by atoms with van der Waals surface area (Å²) in [6, 6.07) is 11.4. The third-order valence-electron chi connectivity index (χ3n) is 4.45. The molecule has 0 aliphatic heterocycles. The molecule has 0 aliphatic carbocycles. The van der Waals surface area contributed by atoms with Crippen LogP contribution in [0.3, 0.4) is 0 Å². The molecule has 27 heavy (non-hydrogen) atoms. The summed E-state index contributed by atoms with van der Waals surface area (Å²) in [5, 5.41) is 9.91. The third-order valence-corrected chi connectivity index (χ3v) is 5.39. The van der Waals surface area contributed by atoms with Gasteiger partial charge in [-0.1, -0.05) is 30.3 Å². The summed E-state index contributed by atoms with van der Waals surface area (Å²) in [6.45, 7) is 11.7. The van der Waals surface area contributed by atoms with Crippen molar-refractivity contribution in [3.05, 3.63) is 41.4 Å². The Balaban J connectivity index is 1.75. The van der Waals surface area contributed by atoms with Gasteiger partial charge >= 0.3 is 0 Å². The fraction of sp³-hybridized carbons (Fsp3) is 0.524. The van der Waals surface area contributed by atoms with E-state index in [0.29, 0.717) is 18.6 Å². The van der Waals surface area contributed by atoms with Crippen molar-refractivity contribution in [2.45, 2.75) is 52.7 Å². The van der Waals surface area contributed by atoms with E-state index in [-0.39, 0.29) is 0 Å². The normalized spacial score (nSPS) is 12.2. The van der Waals surface area contributed by atoms with Crippen molar-refractivity contribution in [1.82, 2.24) is 20.5 Å². The van der Waals surface area contributed by atoms with Gasteiger partial charge in [-0.2, -0.15) is 0 Å². The average molecular weight is 388 g/mol. The molecular formula is C21H33N5S. The fourth-order valence-corrected chi connectivity index (χ4v) is 3.90. The van der Waals surface area contributed by atoms with E-state index in [1.165, 1.54) is 0 Å². The van der Waals surface area contributed by atoms with Gasteiger partial charge in [-0.25, -0.2) is 4.98 Å². The van der Waals surface area contributed by atoms with Crippen molar-refractivity contribution in [2.75, 3.05) is 20.1 Å². The summed E-state index contributed by atoms with van der Waals surface area (Å²) in [4.78, 5) is 11.5. The topological polar surface area (TPSA) is 52.6 Å². The van der Waals surface area contributed by atoms with Crippen molar-refractivity contribution in [2.24, 2.45) is 4.99 Å². The van der Waals surface area contributed by atoms with Crippen LogP contribution in [-0.2, 0) is 6.54 Å². The molecule has 1 heterocycles. The molecule has 6 heteroatoms. The molecule has 0 saturated carbocycles. The maximum Gasteiger partial charge on any atom is 0.191 e. The van der Waals surface area contributed by atoms with Gasteiger partial charge in [-0.05, 0) is 34.1 Å². The second kappa shape index (κ2) is 11.0. The molecule has 0 unspecified atom stereocenters. The van der Waals surface area contributed by atoms with Crippen molar-refractivity contribution in [3.8, 4) is 10.6 Å². The Morgan fingerprint density at radius 3 is 2.44 bits per heavy atom. The van der Waals surface area contributed by atoms with Crippen LogP contribution in [-0.4, -0.2) is 48.1 Å². The van der Waals surface area contributed by atoms with E-state index < -0.39 is 0 Å². The molecule has 0 spiro atoms. The molecule has 0 radical (unpaired) electrons. The molecule has 1 aromatic heterocycles. The Bertz CT molecular complexity index is 686. The minimum Gasteiger partial charge on any atom is -0.356 e. The second-order valence-corrected chi connectivity index (χ2v) is 8.00. The highest BCUT2D eigenvalue weighted by Gasteiger charge is 2.12. The molecule has 5 nitrogen and oxygen atoms in total. The van der Waals surface area contributed by atoms with Gasteiger partial charge in [-0.15, -0.1) is 11.3 Å². The molecule has 1 aromatic carbocycles. The van der Waals surface area contributed by atoms with E-state index in [1.54, 1.807) is 18.4 Å². The molecule has 0 bridgehead atoms. The highest BCUT2D eigenvalue weighted by molar-refractivity contribution is 7.13. The number of hydrogen-bond donors (Lipinski definition) is 2. The van der Waals surface area contributed by atoms with Crippen LogP contribution in [0.5, 0.6) is 0 Å². The number of guanidine groups is 1. The van der Waals surface area contributed by atoms with Crippen LogP contribution in [0.15, 0.2) is 40.7 Å². The van der Waals surface area contributed by atoms with E-state index in [0.717, 1.165) is 41.7 Å². The number of rotatable bonds is 9. The van der Waals surface area contributed by atoms with Gasteiger partial charge in [0.15, 0.2) is 5.96 Å². The van der Waals surface area contributed by atoms with Gasteiger partial charge in [0.05, 0.1) is 12.2 Å². The second-order valence-electron chi connectivity index (χ2n) is 7.14. The van der Waals surface area contributed by atoms with Crippen LogP contribution in [0, 0.1) is 0 Å². The number of nitrogens with zero attached hydrogens (tertiary/aromatic N) is 3. The van der Waals surface area contributed by atoms with Crippen molar-refractivity contribution in [3.63, 3.8) is 0 Å². The zero-order chi connectivity index (χ0) is 19.6. The molecular weight excluding hydrogens is 354 g/mol. The molecule has 0 saturated heterocycles. The highest BCUT2D eigenvalue weighted by Crippen LogP contribution is 2.23. The minimum absolute atomic E-state index is 0.575. The summed E-state index contributed by atoms with van der Waals surface area (Å²) in [5.41, 5.74) is 2.20. The van der Waals surface area contributed by atoms with Crippen LogP contribution in [0.4, 0.5) is 0 Å². The fourth-order valence-electron chi connectivity index (χ4n) is 3.08. The molecule has 148 valence electrons. The minimum atomic E-state index is 0.575. The Hall–Kier alpha value is -1.92. The predicted molar refractivity (Wildman–Crippen MR) is 117 cm³/mol. The number of thiazole rings is 1. The Morgan fingerprint density at radius 2 is 1.81 bits per heavy atom. The van der Waals surface area contributed by atoms with Crippen molar-refractivity contribution in [1.29, 1.82) is 0 Å². The monoisotopic (exact) mass is 387 g/mol. The Labute approximate surface area is 167 Å². The first-order chi connectivity index (χ1) is 13.0. The standard InChI is InChI=1S/C21H33N5S/c1-16(2)26(17(3)4)13-9-12-23-21(22-5)24-14-19-15-27-20(25-19)18-10-7-6-8-11-18/h6-8,10-11,15-17H,9,12-14H2,1-5H3,(H2,22,23,24). The maximum atomic E-state index is 4.71. The van der Waals surface area contributed by atoms with Crippen LogP contribution in [0.1, 0.15) is 39.8 Å². The number of aliphatic imine (C=N–C) groups is 1. The lowest BCUT2D eigenvalue weighted by Gasteiger charge is -2.30. The Morgan fingerprint density at radius 1 is 1.11 bits per heavy atom. The average Bonchev–Trinajstić information content (AvgIpc) is 3.13. The van der Waals surface area contributed by atoms with Crippen molar-refractivity contribution >= 4 is 17.3 Å². The first-order valence-corrected chi connectivity index (χ1v) is 10.6. The quantitative estimate of drug-likeness (QED) is 0.388. The van der Waals surface area contributed by atoms with Gasteiger partial charge < -0.3 is 10.6 Å². The van der Waals surface area contributed by atoms with E-state index >= 15 is 0 Å². The van der Waals surface area contributed by atoms with E-state index in [2.05, 4.69) is 65.7 Å². The van der Waals surface area contributed by atoms with Crippen LogP contribution >= 0.6 is 11.3 Å². The zero-order valence-electron chi connectivity index (χ0n) is 17.2. The number of hydrogen-bond acceptors (Lipinski definition) is 4. The van der Waals surface area contributed by atoms with Crippen LogP contribution in [0.2, 0.25) is 0 Å². The summed E-state index contributed by atoms with van der Waals surface area (Å²) in [5.74, 6) is 0.824. The molecule has 0 aliphatic rings. The van der Waals surface area contributed by atoms with Gasteiger partial charge in [0, 0.05) is 43.2 Å². The summed E-state index contributed by atoms with van der Waals surface area (Å²) >= 11 is 1.68. The maximum absolute atomic E-state index is 4.71. The first-order valence-electron chi connectivity index (χ1n) is 9.71. The largest absolute Gasteiger partial charge is 0.356 e. The number of benzene rings is 1. The lowest BCUT2D eigenvalue weighted by molar-refractivity contribution is 0.173. The van der Waals surface area contributed by atoms with E-state index in [1.807, 2.05) is 18.2 Å². The molecule has 2 N–H and O–H groups in total. The molecule has 2 aromatic rings. The van der Waals surface area contributed by atoms with E-state index in [4.69, 9.17) is 4.98 Å². The number of aromatic nitrogens is 1. The van der Waals surface area contributed by atoms with E-state index in [9.17, 15) is 0 Å². The lowest BCUT2D eigenvalue weighted by atomic mass is 10.2. The lowest BCUT2D eigenvalue weighted by Crippen LogP contribution is -2.41. The van der Waals surface area contributed by atoms with Crippen molar-refractivity contribution < 1.29 is 0 Å². The Kier molecular flexibility index (Phi) is 8.75. The highest BCUT2D eigenvalue weighted by atomic mass is 32.1. The van der Waals surface area contributed by atoms with Gasteiger partial charge in [0.2, 0.25) is 0 Å². The van der Waals surface area contributed by atoms with Gasteiger partial charge in [0.1, 0.15) is 5.01 Å². The smallest absolute Gasteiger partial charge is 0.191 e. The SMILES string of the molecule is CN=C(NCCCN(C(C)C)C(C)C)NCc1csc(-c2ccccc2)n1. The summed E-state index contributed by atoms with van der Waals surface area (Å²) in [6.07, 6.45) is 1.09. The number of nitrogens with one attached hydrogen (secondary N) is 2. The summed E-state index contributed by atoms with van der Waals surface area (Å²) in [7, 11) is 1.81. The third kappa shape index (κ3) is 6.96. The molecule has 0 amide bonds.